The fraction of sp³-hybridized carbons (Fsp3) is 0.800. The number of methoxy groups -OCH3 is 1. The highest BCUT2D eigenvalue weighted by Gasteiger charge is 2.19. The van der Waals surface area contributed by atoms with E-state index >= 15 is 0 Å². The molecule has 15 heavy (non-hydrogen) atoms. The molecule has 0 aliphatic rings. The molecule has 0 atom stereocenters. The Balaban J connectivity index is 3.77. The Labute approximate surface area is 89.8 Å². The third-order valence-corrected chi connectivity index (χ3v) is 1.78. The summed E-state index contributed by atoms with van der Waals surface area (Å²) in [5.74, 6) is -1.02. The van der Waals surface area contributed by atoms with Crippen molar-refractivity contribution in [2.75, 3.05) is 13.7 Å². The minimum atomic E-state index is -0.876. The van der Waals surface area contributed by atoms with Crippen LogP contribution in [0.4, 0.5) is 0 Å². The van der Waals surface area contributed by atoms with Crippen molar-refractivity contribution in [2.24, 2.45) is 0 Å². The van der Waals surface area contributed by atoms with Gasteiger partial charge in [0, 0.05) is 20.0 Å². The second kappa shape index (κ2) is 6.40. The standard InChI is InChI=1S/C10H19NO4/c1-10(2,7-15-3)11-8(12)5-4-6-9(13)14/h4-7H2,1-3H3,(H,11,12)(H,13,14). The number of carboxylic acid groups (broad SMARTS) is 1. The Kier molecular flexibility index (Phi) is 5.93. The lowest BCUT2D eigenvalue weighted by molar-refractivity contribution is -0.137. The predicted molar refractivity (Wildman–Crippen MR) is 55.6 cm³/mol. The highest BCUT2D eigenvalue weighted by Crippen LogP contribution is 2.04. The molecule has 0 aliphatic carbocycles. The van der Waals surface area contributed by atoms with Crippen molar-refractivity contribution in [2.45, 2.75) is 38.6 Å². The van der Waals surface area contributed by atoms with Crippen LogP contribution in [0.15, 0.2) is 0 Å². The summed E-state index contributed by atoms with van der Waals surface area (Å²) >= 11 is 0. The third-order valence-electron chi connectivity index (χ3n) is 1.78. The van der Waals surface area contributed by atoms with Crippen LogP contribution in [0.2, 0.25) is 0 Å². The molecule has 0 heterocycles. The molecule has 0 aromatic rings. The maximum absolute atomic E-state index is 11.4. The van der Waals surface area contributed by atoms with Crippen molar-refractivity contribution in [1.82, 2.24) is 5.32 Å². The molecule has 0 spiro atoms. The monoisotopic (exact) mass is 217 g/mol. The Bertz CT molecular complexity index is 225. The summed E-state index contributed by atoms with van der Waals surface area (Å²) in [7, 11) is 1.57. The number of rotatable bonds is 7. The van der Waals surface area contributed by atoms with E-state index in [1.807, 2.05) is 13.8 Å². The number of aliphatic carboxylic acids is 1. The van der Waals surface area contributed by atoms with E-state index in [9.17, 15) is 9.59 Å². The zero-order chi connectivity index (χ0) is 11.9. The molecule has 5 heteroatoms. The molecule has 0 saturated heterocycles. The summed E-state index contributed by atoms with van der Waals surface area (Å²) in [6.07, 6.45) is 0.627. The summed E-state index contributed by atoms with van der Waals surface area (Å²) in [4.78, 5) is 21.6. The van der Waals surface area contributed by atoms with E-state index in [0.29, 0.717) is 13.0 Å². The average Bonchev–Trinajstić information content (AvgIpc) is 2.01. The van der Waals surface area contributed by atoms with Gasteiger partial charge in [-0.05, 0) is 20.3 Å². The molecule has 1 amide bonds. The summed E-state index contributed by atoms with van der Waals surface area (Å²) in [5, 5.41) is 11.2. The zero-order valence-corrected chi connectivity index (χ0v) is 9.50. The molecule has 2 N–H and O–H groups in total. The first kappa shape index (κ1) is 13.9. The fourth-order valence-corrected chi connectivity index (χ4v) is 1.24. The van der Waals surface area contributed by atoms with E-state index in [1.54, 1.807) is 7.11 Å². The van der Waals surface area contributed by atoms with Gasteiger partial charge in [0.1, 0.15) is 0 Å². The van der Waals surface area contributed by atoms with Gasteiger partial charge in [-0.1, -0.05) is 0 Å². The van der Waals surface area contributed by atoms with Gasteiger partial charge < -0.3 is 15.2 Å². The lowest BCUT2D eigenvalue weighted by Gasteiger charge is -2.25. The summed E-state index contributed by atoms with van der Waals surface area (Å²) in [6.45, 7) is 4.13. The van der Waals surface area contributed by atoms with Crippen LogP contribution in [0.1, 0.15) is 33.1 Å². The van der Waals surface area contributed by atoms with Gasteiger partial charge >= 0.3 is 5.97 Å². The van der Waals surface area contributed by atoms with Gasteiger partial charge in [0.2, 0.25) is 5.91 Å². The number of ether oxygens (including phenoxy) is 1. The second-order valence-electron chi connectivity index (χ2n) is 4.11. The van der Waals surface area contributed by atoms with Gasteiger partial charge in [0.05, 0.1) is 12.1 Å². The Hall–Kier alpha value is -1.10. The Morgan fingerprint density at radius 2 is 1.93 bits per heavy atom. The van der Waals surface area contributed by atoms with Crippen LogP contribution < -0.4 is 5.32 Å². The van der Waals surface area contributed by atoms with Gasteiger partial charge in [-0.15, -0.1) is 0 Å². The minimum absolute atomic E-state index is 0.0259. The van der Waals surface area contributed by atoms with Crippen LogP contribution >= 0.6 is 0 Å². The van der Waals surface area contributed by atoms with Crippen molar-refractivity contribution < 1.29 is 19.4 Å². The fourth-order valence-electron chi connectivity index (χ4n) is 1.24. The largest absolute Gasteiger partial charge is 0.481 e. The minimum Gasteiger partial charge on any atom is -0.481 e. The van der Waals surface area contributed by atoms with Crippen LogP contribution in [0.3, 0.4) is 0 Å². The molecular formula is C10H19NO4. The predicted octanol–water partition coefficient (Wildman–Crippen LogP) is 0.782. The van der Waals surface area contributed by atoms with Gasteiger partial charge in [-0.3, -0.25) is 9.59 Å². The molecule has 0 radical (unpaired) electrons. The molecule has 0 aliphatic heterocycles. The van der Waals surface area contributed by atoms with E-state index < -0.39 is 11.5 Å². The van der Waals surface area contributed by atoms with Crippen LogP contribution in [0, 0.1) is 0 Å². The number of carbonyl (C=O) groups is 2. The smallest absolute Gasteiger partial charge is 0.303 e. The topological polar surface area (TPSA) is 75.6 Å². The van der Waals surface area contributed by atoms with Crippen molar-refractivity contribution in [3.63, 3.8) is 0 Å². The van der Waals surface area contributed by atoms with Crippen molar-refractivity contribution >= 4 is 11.9 Å². The maximum atomic E-state index is 11.4. The molecule has 5 nitrogen and oxygen atoms in total. The van der Waals surface area contributed by atoms with E-state index in [-0.39, 0.29) is 18.7 Å². The molecule has 0 saturated carbocycles. The molecule has 0 bridgehead atoms. The number of hydrogen-bond donors (Lipinski definition) is 2. The van der Waals surface area contributed by atoms with Gasteiger partial charge in [0.15, 0.2) is 0 Å². The van der Waals surface area contributed by atoms with Crippen LogP contribution in [0.25, 0.3) is 0 Å². The van der Waals surface area contributed by atoms with Crippen molar-refractivity contribution in [1.29, 1.82) is 0 Å². The van der Waals surface area contributed by atoms with Crippen molar-refractivity contribution in [3.8, 4) is 0 Å². The first-order chi connectivity index (χ1) is 6.87. The SMILES string of the molecule is COCC(C)(C)NC(=O)CCCC(=O)O. The first-order valence-corrected chi connectivity index (χ1v) is 4.89. The number of amides is 1. The van der Waals surface area contributed by atoms with Crippen LogP contribution in [0.5, 0.6) is 0 Å². The highest BCUT2D eigenvalue weighted by molar-refractivity contribution is 5.77. The molecule has 0 rings (SSSR count). The highest BCUT2D eigenvalue weighted by atomic mass is 16.5. The molecular weight excluding hydrogens is 198 g/mol. The van der Waals surface area contributed by atoms with E-state index in [0.717, 1.165) is 0 Å². The van der Waals surface area contributed by atoms with E-state index in [2.05, 4.69) is 5.32 Å². The first-order valence-electron chi connectivity index (χ1n) is 4.89. The normalized spacial score (nSPS) is 11.1. The lowest BCUT2D eigenvalue weighted by atomic mass is 10.1. The molecule has 0 aromatic heterocycles. The summed E-state index contributed by atoms with van der Waals surface area (Å²) in [5.41, 5.74) is -0.408. The van der Waals surface area contributed by atoms with E-state index in [4.69, 9.17) is 9.84 Å². The second-order valence-corrected chi connectivity index (χ2v) is 4.11. The number of nitrogens with one attached hydrogen (secondary N) is 1. The van der Waals surface area contributed by atoms with E-state index in [1.165, 1.54) is 0 Å². The summed E-state index contributed by atoms with van der Waals surface area (Å²) in [6, 6.07) is 0. The zero-order valence-electron chi connectivity index (χ0n) is 9.50. The number of carbonyl (C=O) groups excluding carboxylic acids is 1. The lowest BCUT2D eigenvalue weighted by Crippen LogP contribution is -2.46. The van der Waals surface area contributed by atoms with Crippen LogP contribution in [-0.4, -0.2) is 36.2 Å². The van der Waals surface area contributed by atoms with Crippen molar-refractivity contribution in [3.05, 3.63) is 0 Å². The molecule has 88 valence electrons. The van der Waals surface area contributed by atoms with Gasteiger partial charge in [-0.25, -0.2) is 0 Å². The van der Waals surface area contributed by atoms with Crippen LogP contribution in [-0.2, 0) is 14.3 Å². The average molecular weight is 217 g/mol. The third kappa shape index (κ3) is 7.93. The van der Waals surface area contributed by atoms with Gasteiger partial charge in [-0.2, -0.15) is 0 Å². The molecule has 0 aromatic carbocycles. The molecule has 0 unspecified atom stereocenters. The Morgan fingerprint density at radius 3 is 2.40 bits per heavy atom. The quantitative estimate of drug-likeness (QED) is 0.661. The van der Waals surface area contributed by atoms with Gasteiger partial charge in [0.25, 0.3) is 0 Å². The number of carboxylic acids is 1. The molecule has 0 fully saturated rings. The maximum Gasteiger partial charge on any atom is 0.303 e. The Morgan fingerprint density at radius 1 is 1.33 bits per heavy atom. The summed E-state index contributed by atoms with van der Waals surface area (Å²) < 4.78 is 4.94. The number of hydrogen-bond acceptors (Lipinski definition) is 3.